The van der Waals surface area contributed by atoms with Gasteiger partial charge >= 0.3 is 5.97 Å². The summed E-state index contributed by atoms with van der Waals surface area (Å²) in [5, 5.41) is 25.9. The Kier molecular flexibility index (Phi) is 5.48. The average molecular weight is 529 g/mol. The molecule has 0 saturated heterocycles. The van der Waals surface area contributed by atoms with Gasteiger partial charge in [0, 0.05) is 0 Å². The van der Waals surface area contributed by atoms with E-state index in [0.717, 1.165) is 11.8 Å². The Morgan fingerprint density at radius 1 is 1.38 bits per heavy atom. The molecule has 1 heterocycles. The number of aromatic hydroxyl groups is 1. The van der Waals surface area contributed by atoms with Crippen LogP contribution in [0.5, 0.6) is 5.75 Å². The fraction of sp³-hybridized carbons (Fsp3) is 0.0833. The van der Waals surface area contributed by atoms with E-state index in [-0.39, 0.29) is 10.7 Å². The van der Waals surface area contributed by atoms with Crippen LogP contribution in [0.4, 0.5) is 0 Å². The minimum absolute atomic E-state index is 0.103. The molecule has 0 aliphatic carbocycles. The second-order valence-corrected chi connectivity index (χ2v) is 7.29. The first-order valence-electron chi connectivity index (χ1n) is 5.56. The van der Waals surface area contributed by atoms with Crippen LogP contribution < -0.4 is 0 Å². The van der Waals surface area contributed by atoms with Crippen molar-refractivity contribution in [3.05, 3.63) is 35.6 Å². The number of halogens is 2. The van der Waals surface area contributed by atoms with Crippen molar-refractivity contribution in [2.45, 2.75) is 12.1 Å². The van der Waals surface area contributed by atoms with E-state index in [4.69, 9.17) is 0 Å². The number of hydrogen-bond donors (Lipinski definition) is 3. The number of nitrogens with zero attached hydrogens (tertiary/aromatic N) is 2. The molecule has 0 atom stereocenters. The van der Waals surface area contributed by atoms with Gasteiger partial charge in [-0.3, -0.25) is 5.10 Å². The maximum Gasteiger partial charge on any atom is 0.342 e. The van der Waals surface area contributed by atoms with E-state index in [2.05, 4.69) is 15.2 Å². The predicted octanol–water partition coefficient (Wildman–Crippen LogP) is 3.25. The van der Waals surface area contributed by atoms with Crippen molar-refractivity contribution in [2.75, 3.05) is 0 Å². The Hall–Kier alpha value is -0.820. The number of carboxylic acids is 1. The lowest BCUT2D eigenvalue weighted by Gasteiger charge is -2.04. The van der Waals surface area contributed by atoms with E-state index in [9.17, 15) is 15.0 Å². The van der Waals surface area contributed by atoms with Crippen LogP contribution in [-0.4, -0.2) is 31.4 Å². The lowest BCUT2D eigenvalue weighted by Crippen LogP contribution is -1.97. The molecule has 0 spiro atoms. The van der Waals surface area contributed by atoms with E-state index in [1.807, 2.05) is 45.2 Å². The van der Waals surface area contributed by atoms with Crippen LogP contribution in [0.3, 0.4) is 0 Å². The molecule has 0 fully saturated rings. The summed E-state index contributed by atoms with van der Waals surface area (Å²) in [4.78, 5) is 15.5. The molecule has 1 aromatic carbocycles. The summed E-state index contributed by atoms with van der Waals surface area (Å²) in [5.74, 6) is -0.237. The number of benzene rings is 1. The topological polar surface area (TPSA) is 99.1 Å². The number of aromatic nitrogens is 3. The SMILES string of the molecule is Cc1nc(S/C(=C\c2cc(I)c(O)c(I)c2)C(=O)O)n[nH]1. The summed E-state index contributed by atoms with van der Waals surface area (Å²) < 4.78 is 1.32. The highest BCUT2D eigenvalue weighted by molar-refractivity contribution is 14.1. The Balaban J connectivity index is 2.36. The predicted molar refractivity (Wildman–Crippen MR) is 96.1 cm³/mol. The number of aliphatic carboxylic acids is 1. The Morgan fingerprint density at radius 2 is 2.00 bits per heavy atom. The fourth-order valence-electron chi connectivity index (χ4n) is 1.42. The van der Waals surface area contributed by atoms with Crippen LogP contribution in [0, 0.1) is 14.1 Å². The standard InChI is InChI=1S/C12H9I2N3O3S/c1-5-15-12(17-16-5)21-9(11(19)20)4-6-2-7(13)10(18)8(14)3-6/h2-4,18H,1H3,(H,19,20)(H,15,16,17)/b9-4-. The van der Waals surface area contributed by atoms with Gasteiger partial charge in [-0.05, 0) is 87.6 Å². The van der Waals surface area contributed by atoms with Gasteiger partial charge in [0.05, 0.1) is 7.14 Å². The monoisotopic (exact) mass is 529 g/mol. The molecule has 6 nitrogen and oxygen atoms in total. The van der Waals surface area contributed by atoms with Crippen LogP contribution >= 0.6 is 56.9 Å². The molecule has 0 saturated carbocycles. The second-order valence-electron chi connectivity index (χ2n) is 3.95. The highest BCUT2D eigenvalue weighted by atomic mass is 127. The third-order valence-electron chi connectivity index (χ3n) is 2.33. The number of phenols is 1. The summed E-state index contributed by atoms with van der Waals surface area (Å²) in [7, 11) is 0. The van der Waals surface area contributed by atoms with Crippen molar-refractivity contribution in [1.29, 1.82) is 0 Å². The number of carboxylic acid groups (broad SMARTS) is 1. The molecule has 9 heteroatoms. The van der Waals surface area contributed by atoms with E-state index in [0.29, 0.717) is 23.7 Å². The summed E-state index contributed by atoms with van der Waals surface area (Å²) in [5.41, 5.74) is 0.693. The number of aryl methyl sites for hydroxylation is 1. The first-order valence-corrected chi connectivity index (χ1v) is 8.54. The lowest BCUT2D eigenvalue weighted by atomic mass is 10.2. The molecule has 1 aromatic heterocycles. The number of H-pyrrole nitrogens is 1. The summed E-state index contributed by atoms with van der Waals surface area (Å²) in [6.07, 6.45) is 1.53. The largest absolute Gasteiger partial charge is 0.506 e. The van der Waals surface area contributed by atoms with Gasteiger partial charge in [-0.25, -0.2) is 9.78 Å². The zero-order valence-electron chi connectivity index (χ0n) is 10.6. The molecule has 110 valence electrons. The van der Waals surface area contributed by atoms with Gasteiger partial charge in [-0.2, -0.15) is 0 Å². The number of carbonyl (C=O) groups is 1. The normalized spacial score (nSPS) is 11.7. The van der Waals surface area contributed by atoms with E-state index < -0.39 is 5.97 Å². The molecule has 3 N–H and O–H groups in total. The van der Waals surface area contributed by atoms with Crippen LogP contribution in [0.25, 0.3) is 6.08 Å². The third-order valence-corrected chi connectivity index (χ3v) is 4.85. The van der Waals surface area contributed by atoms with Gasteiger partial charge < -0.3 is 10.2 Å². The van der Waals surface area contributed by atoms with Gasteiger partial charge in [0.1, 0.15) is 16.5 Å². The van der Waals surface area contributed by atoms with Crippen LogP contribution in [-0.2, 0) is 4.79 Å². The minimum atomic E-state index is -1.06. The van der Waals surface area contributed by atoms with Crippen molar-refractivity contribution >= 4 is 69.0 Å². The number of phenolic OH excluding ortho intramolecular Hbond substituents is 1. The quantitative estimate of drug-likeness (QED) is 0.320. The number of rotatable bonds is 4. The van der Waals surface area contributed by atoms with E-state index in [1.54, 1.807) is 19.1 Å². The molecular formula is C12H9I2N3O3S. The van der Waals surface area contributed by atoms with E-state index in [1.165, 1.54) is 6.08 Å². The highest BCUT2D eigenvalue weighted by Crippen LogP contribution is 2.30. The van der Waals surface area contributed by atoms with Crippen molar-refractivity contribution in [3.63, 3.8) is 0 Å². The molecule has 0 unspecified atom stereocenters. The minimum Gasteiger partial charge on any atom is -0.506 e. The zero-order chi connectivity index (χ0) is 15.6. The summed E-state index contributed by atoms with van der Waals surface area (Å²) in [6, 6.07) is 3.43. The molecule has 0 aliphatic rings. The lowest BCUT2D eigenvalue weighted by molar-refractivity contribution is -0.131. The summed E-state index contributed by atoms with van der Waals surface area (Å²) >= 11 is 4.97. The Labute approximate surface area is 151 Å². The van der Waals surface area contributed by atoms with Crippen molar-refractivity contribution < 1.29 is 15.0 Å². The summed E-state index contributed by atoms with van der Waals surface area (Å²) in [6.45, 7) is 1.74. The molecule has 0 bridgehead atoms. The van der Waals surface area contributed by atoms with Crippen LogP contribution in [0.1, 0.15) is 11.4 Å². The number of hydrogen-bond acceptors (Lipinski definition) is 5. The molecule has 21 heavy (non-hydrogen) atoms. The molecule has 2 rings (SSSR count). The maximum atomic E-state index is 11.3. The van der Waals surface area contributed by atoms with Crippen molar-refractivity contribution in [1.82, 2.24) is 15.2 Å². The zero-order valence-corrected chi connectivity index (χ0v) is 15.7. The molecular weight excluding hydrogens is 520 g/mol. The van der Waals surface area contributed by atoms with Crippen LogP contribution in [0.15, 0.2) is 22.2 Å². The number of aromatic amines is 1. The van der Waals surface area contributed by atoms with Crippen LogP contribution in [0.2, 0.25) is 0 Å². The smallest absolute Gasteiger partial charge is 0.342 e. The Bertz CT molecular complexity index is 707. The third kappa shape index (κ3) is 4.32. The molecule has 2 aromatic rings. The highest BCUT2D eigenvalue weighted by Gasteiger charge is 2.14. The van der Waals surface area contributed by atoms with Gasteiger partial charge in [0.25, 0.3) is 0 Å². The first-order chi connectivity index (χ1) is 9.86. The molecule has 0 amide bonds. The molecule has 0 aliphatic heterocycles. The number of nitrogens with one attached hydrogen (secondary N) is 1. The average Bonchev–Trinajstić information content (AvgIpc) is 2.80. The Morgan fingerprint density at radius 3 is 2.48 bits per heavy atom. The van der Waals surface area contributed by atoms with Crippen molar-refractivity contribution in [3.8, 4) is 5.75 Å². The number of thioether (sulfide) groups is 1. The molecule has 0 radical (unpaired) electrons. The van der Waals surface area contributed by atoms with Gasteiger partial charge in [-0.1, -0.05) is 0 Å². The van der Waals surface area contributed by atoms with Gasteiger partial charge in [-0.15, -0.1) is 5.10 Å². The van der Waals surface area contributed by atoms with Crippen molar-refractivity contribution in [2.24, 2.45) is 0 Å². The fourth-order valence-corrected chi connectivity index (χ4v) is 3.99. The van der Waals surface area contributed by atoms with Gasteiger partial charge in [0.15, 0.2) is 0 Å². The first kappa shape index (κ1) is 16.5. The second kappa shape index (κ2) is 6.96. The maximum absolute atomic E-state index is 11.3. The van der Waals surface area contributed by atoms with E-state index >= 15 is 0 Å². The van der Waals surface area contributed by atoms with Gasteiger partial charge in [0.2, 0.25) is 5.16 Å².